The number of aliphatic carboxylic acids is 1. The quantitative estimate of drug-likeness (QED) is 0.545. The summed E-state index contributed by atoms with van der Waals surface area (Å²) in [6.45, 7) is 2.67. The van der Waals surface area contributed by atoms with Crippen LogP contribution in [0.4, 0.5) is 4.79 Å². The fourth-order valence-corrected chi connectivity index (χ4v) is 2.36. The van der Waals surface area contributed by atoms with E-state index in [1.54, 1.807) is 0 Å². The molecule has 2 unspecified atom stereocenters. The second-order valence-electron chi connectivity index (χ2n) is 5.08. The molecule has 1 fully saturated rings. The Morgan fingerprint density at radius 1 is 1.37 bits per heavy atom. The van der Waals surface area contributed by atoms with Crippen LogP contribution < -0.4 is 16.4 Å². The minimum atomic E-state index is -1.28. The van der Waals surface area contributed by atoms with E-state index in [0.29, 0.717) is 18.4 Å². The number of hydrogen-bond donors (Lipinski definition) is 4. The lowest BCUT2D eigenvalue weighted by Gasteiger charge is -2.18. The van der Waals surface area contributed by atoms with Crippen LogP contribution in [0.1, 0.15) is 32.6 Å². The van der Waals surface area contributed by atoms with Gasteiger partial charge in [0.05, 0.1) is 6.42 Å². The standard InChI is InChI=1S/C12H21N3O4/c1-7-3-2-4-8(7)6-14-12(19)15-9(11(17)18)5-10(13)16/h7-9H,2-6H2,1H3,(H2,13,16)(H,17,18)(H2,14,15,19)/t7?,8?,9-/m1/s1. The molecular formula is C12H21N3O4. The van der Waals surface area contributed by atoms with E-state index >= 15 is 0 Å². The van der Waals surface area contributed by atoms with E-state index in [4.69, 9.17) is 10.8 Å². The van der Waals surface area contributed by atoms with Crippen molar-refractivity contribution >= 4 is 17.9 Å². The van der Waals surface area contributed by atoms with Crippen LogP contribution in [0.15, 0.2) is 0 Å². The second kappa shape index (κ2) is 6.96. The van der Waals surface area contributed by atoms with E-state index in [1.807, 2.05) is 0 Å². The van der Waals surface area contributed by atoms with E-state index in [1.165, 1.54) is 0 Å². The van der Waals surface area contributed by atoms with Gasteiger partial charge in [0.15, 0.2) is 0 Å². The third-order valence-corrected chi connectivity index (χ3v) is 3.57. The first-order valence-corrected chi connectivity index (χ1v) is 6.45. The highest BCUT2D eigenvalue weighted by molar-refractivity contribution is 5.87. The Labute approximate surface area is 111 Å². The fourth-order valence-electron chi connectivity index (χ4n) is 2.36. The van der Waals surface area contributed by atoms with Gasteiger partial charge in [0.1, 0.15) is 6.04 Å². The fraction of sp³-hybridized carbons (Fsp3) is 0.750. The van der Waals surface area contributed by atoms with Crippen LogP contribution in [-0.2, 0) is 9.59 Å². The van der Waals surface area contributed by atoms with Crippen molar-refractivity contribution < 1.29 is 19.5 Å². The number of hydrogen-bond acceptors (Lipinski definition) is 3. The number of rotatable bonds is 6. The summed E-state index contributed by atoms with van der Waals surface area (Å²) in [4.78, 5) is 33.1. The first-order chi connectivity index (χ1) is 8.90. The van der Waals surface area contributed by atoms with Crippen molar-refractivity contribution in [3.05, 3.63) is 0 Å². The van der Waals surface area contributed by atoms with E-state index in [-0.39, 0.29) is 0 Å². The summed E-state index contributed by atoms with van der Waals surface area (Å²) < 4.78 is 0. The molecule has 1 aliphatic carbocycles. The molecule has 1 aliphatic rings. The Morgan fingerprint density at radius 2 is 2.05 bits per heavy atom. The van der Waals surface area contributed by atoms with Gasteiger partial charge >= 0.3 is 12.0 Å². The molecule has 5 N–H and O–H groups in total. The zero-order chi connectivity index (χ0) is 14.4. The first-order valence-electron chi connectivity index (χ1n) is 6.45. The average Bonchev–Trinajstić information content (AvgIpc) is 2.70. The lowest BCUT2D eigenvalue weighted by Crippen LogP contribution is -2.48. The van der Waals surface area contributed by atoms with E-state index in [0.717, 1.165) is 19.3 Å². The number of carboxylic acid groups (broad SMARTS) is 1. The van der Waals surface area contributed by atoms with Crippen LogP contribution in [0.5, 0.6) is 0 Å². The number of carbonyl (C=O) groups is 3. The molecule has 0 aromatic carbocycles. The molecule has 0 aromatic heterocycles. The van der Waals surface area contributed by atoms with Crippen molar-refractivity contribution in [3.63, 3.8) is 0 Å². The molecule has 1 rings (SSSR count). The van der Waals surface area contributed by atoms with E-state index in [2.05, 4.69) is 17.6 Å². The van der Waals surface area contributed by atoms with Crippen LogP contribution in [0.3, 0.4) is 0 Å². The zero-order valence-corrected chi connectivity index (χ0v) is 11.0. The van der Waals surface area contributed by atoms with Crippen molar-refractivity contribution in [2.24, 2.45) is 17.6 Å². The lowest BCUT2D eigenvalue weighted by molar-refractivity contribution is -0.140. The van der Waals surface area contributed by atoms with Crippen LogP contribution >= 0.6 is 0 Å². The molecule has 0 heterocycles. The molecule has 0 spiro atoms. The SMILES string of the molecule is CC1CCCC1CNC(=O)N[C@H](CC(N)=O)C(=O)O. The Morgan fingerprint density at radius 3 is 2.53 bits per heavy atom. The van der Waals surface area contributed by atoms with Gasteiger partial charge in [-0.3, -0.25) is 4.79 Å². The Bertz CT molecular complexity index is 359. The van der Waals surface area contributed by atoms with Crippen molar-refractivity contribution in [1.82, 2.24) is 10.6 Å². The summed E-state index contributed by atoms with van der Waals surface area (Å²) in [6.07, 6.45) is 2.98. The summed E-state index contributed by atoms with van der Waals surface area (Å²) in [6, 6.07) is -1.86. The first kappa shape index (κ1) is 15.3. The minimum absolute atomic E-state index is 0.414. The minimum Gasteiger partial charge on any atom is -0.480 e. The van der Waals surface area contributed by atoms with Crippen molar-refractivity contribution in [2.75, 3.05) is 6.54 Å². The van der Waals surface area contributed by atoms with Gasteiger partial charge in [-0.1, -0.05) is 19.8 Å². The number of amides is 3. The molecule has 1 saturated carbocycles. The maximum atomic E-state index is 11.6. The molecule has 0 radical (unpaired) electrons. The largest absolute Gasteiger partial charge is 0.480 e. The second-order valence-corrected chi connectivity index (χ2v) is 5.08. The van der Waals surface area contributed by atoms with Crippen molar-refractivity contribution in [2.45, 2.75) is 38.6 Å². The molecule has 0 bridgehead atoms. The summed E-state index contributed by atoms with van der Waals surface area (Å²) in [7, 11) is 0. The van der Waals surface area contributed by atoms with Crippen LogP contribution in [-0.4, -0.2) is 35.6 Å². The summed E-state index contributed by atoms with van der Waals surface area (Å²) in [5, 5.41) is 13.7. The Kier molecular flexibility index (Phi) is 5.59. The number of urea groups is 1. The highest BCUT2D eigenvalue weighted by Crippen LogP contribution is 2.30. The molecule has 0 aliphatic heterocycles. The molecule has 7 nitrogen and oxygen atoms in total. The van der Waals surface area contributed by atoms with Gasteiger partial charge in [-0.2, -0.15) is 0 Å². The van der Waals surface area contributed by atoms with Gasteiger partial charge < -0.3 is 21.5 Å². The third-order valence-electron chi connectivity index (χ3n) is 3.57. The molecule has 0 saturated heterocycles. The van der Waals surface area contributed by atoms with Crippen molar-refractivity contribution in [1.29, 1.82) is 0 Å². The van der Waals surface area contributed by atoms with Crippen LogP contribution in [0, 0.1) is 11.8 Å². The normalized spacial score (nSPS) is 23.6. The molecule has 3 amide bonds. The highest BCUT2D eigenvalue weighted by Gasteiger charge is 2.25. The number of primary amides is 1. The average molecular weight is 271 g/mol. The maximum Gasteiger partial charge on any atom is 0.326 e. The lowest BCUT2D eigenvalue weighted by atomic mass is 9.98. The van der Waals surface area contributed by atoms with Gasteiger partial charge in [-0.25, -0.2) is 9.59 Å². The predicted molar refractivity (Wildman–Crippen MR) is 68.3 cm³/mol. The predicted octanol–water partition coefficient (Wildman–Crippen LogP) is 0.0504. The number of carbonyl (C=O) groups excluding carboxylic acids is 2. The van der Waals surface area contributed by atoms with Gasteiger partial charge in [0.25, 0.3) is 0 Å². The molecule has 7 heteroatoms. The summed E-state index contributed by atoms with van der Waals surface area (Å²) >= 11 is 0. The smallest absolute Gasteiger partial charge is 0.326 e. The number of nitrogens with one attached hydrogen (secondary N) is 2. The van der Waals surface area contributed by atoms with Crippen LogP contribution in [0.25, 0.3) is 0 Å². The molecular weight excluding hydrogens is 250 g/mol. The topological polar surface area (TPSA) is 122 Å². The molecule has 19 heavy (non-hydrogen) atoms. The zero-order valence-electron chi connectivity index (χ0n) is 11.0. The summed E-state index contributed by atoms with van der Waals surface area (Å²) in [5.41, 5.74) is 4.92. The molecule has 0 aromatic rings. The Hall–Kier alpha value is -1.79. The monoisotopic (exact) mass is 271 g/mol. The highest BCUT2D eigenvalue weighted by atomic mass is 16.4. The van der Waals surface area contributed by atoms with E-state index in [9.17, 15) is 14.4 Å². The van der Waals surface area contributed by atoms with Gasteiger partial charge in [-0.15, -0.1) is 0 Å². The van der Waals surface area contributed by atoms with Crippen molar-refractivity contribution in [3.8, 4) is 0 Å². The number of nitrogens with two attached hydrogens (primary N) is 1. The van der Waals surface area contributed by atoms with E-state index < -0.39 is 30.4 Å². The molecule has 3 atom stereocenters. The molecule has 108 valence electrons. The van der Waals surface area contributed by atoms with Gasteiger partial charge in [0.2, 0.25) is 5.91 Å². The van der Waals surface area contributed by atoms with Gasteiger partial charge in [-0.05, 0) is 18.3 Å². The summed E-state index contributed by atoms with van der Waals surface area (Å²) in [5.74, 6) is -1.04. The van der Waals surface area contributed by atoms with Crippen LogP contribution in [0.2, 0.25) is 0 Å². The third kappa shape index (κ3) is 5.15. The Balaban J connectivity index is 2.35. The number of carboxylic acids is 1. The maximum absolute atomic E-state index is 11.6. The van der Waals surface area contributed by atoms with Gasteiger partial charge in [0, 0.05) is 6.54 Å².